The van der Waals surface area contributed by atoms with E-state index in [0.29, 0.717) is 23.8 Å². The van der Waals surface area contributed by atoms with Crippen LogP contribution in [0.5, 0.6) is 0 Å². The molecule has 1 aliphatic heterocycles. The van der Waals surface area contributed by atoms with Crippen molar-refractivity contribution < 1.29 is 13.2 Å². The first-order valence-electron chi connectivity index (χ1n) is 8.75. The number of rotatable bonds is 2. The molecule has 1 fully saturated rings. The zero-order chi connectivity index (χ0) is 18.8. The summed E-state index contributed by atoms with van der Waals surface area (Å²) in [6.45, 7) is 0.364. The van der Waals surface area contributed by atoms with Crippen molar-refractivity contribution in [1.82, 2.24) is 19.7 Å². The van der Waals surface area contributed by atoms with Gasteiger partial charge in [-0.25, -0.2) is 4.98 Å². The molecule has 0 unspecified atom stereocenters. The Kier molecular flexibility index (Phi) is 3.35. The molecule has 1 aliphatic carbocycles. The third-order valence-corrected chi connectivity index (χ3v) is 5.00. The van der Waals surface area contributed by atoms with Gasteiger partial charge in [-0.2, -0.15) is 18.3 Å². The van der Waals surface area contributed by atoms with Crippen LogP contribution in [0, 0.1) is 0 Å². The Morgan fingerprint density at radius 3 is 2.67 bits per heavy atom. The smallest absolute Gasteiger partial charge is 0.318 e. The summed E-state index contributed by atoms with van der Waals surface area (Å²) in [6, 6.07) is 6.23. The van der Waals surface area contributed by atoms with Crippen LogP contribution in [0.25, 0.3) is 11.1 Å². The molecule has 5 nitrogen and oxygen atoms in total. The molecule has 27 heavy (non-hydrogen) atoms. The highest BCUT2D eigenvalue weighted by Crippen LogP contribution is 2.48. The fourth-order valence-corrected chi connectivity index (χ4v) is 3.63. The lowest BCUT2D eigenvalue weighted by molar-refractivity contribution is -0.141. The van der Waals surface area contributed by atoms with Crippen molar-refractivity contribution in [1.29, 1.82) is 0 Å². The van der Waals surface area contributed by atoms with Gasteiger partial charge in [-0.15, -0.1) is 0 Å². The minimum absolute atomic E-state index is 0.306. The van der Waals surface area contributed by atoms with E-state index in [2.05, 4.69) is 15.1 Å². The van der Waals surface area contributed by atoms with Gasteiger partial charge in [-0.3, -0.25) is 9.67 Å². The molecule has 1 saturated carbocycles. The van der Waals surface area contributed by atoms with Crippen LogP contribution in [0.3, 0.4) is 0 Å². The van der Waals surface area contributed by atoms with Crippen molar-refractivity contribution in [2.45, 2.75) is 31.5 Å². The fraction of sp³-hybridized carbons (Fsp3) is 0.316. The Morgan fingerprint density at radius 2 is 1.93 bits per heavy atom. The predicted octanol–water partition coefficient (Wildman–Crippen LogP) is 4.43. The van der Waals surface area contributed by atoms with Gasteiger partial charge >= 0.3 is 6.18 Å². The zero-order valence-corrected chi connectivity index (χ0v) is 14.5. The SMILES string of the molecule is Cn1cc2c(n1)CN(c1cccnc1C1CC1)c1nc(C(F)(F)F)ccc1-2. The first-order chi connectivity index (χ1) is 12.9. The monoisotopic (exact) mass is 371 g/mol. The molecular formula is C19H16F3N5. The summed E-state index contributed by atoms with van der Waals surface area (Å²) in [6.07, 6.45) is 1.16. The van der Waals surface area contributed by atoms with E-state index in [0.717, 1.165) is 41.5 Å². The van der Waals surface area contributed by atoms with Crippen LogP contribution in [0.2, 0.25) is 0 Å². The molecule has 138 valence electrons. The van der Waals surface area contributed by atoms with Gasteiger partial charge in [0.05, 0.1) is 23.6 Å². The molecular weight excluding hydrogens is 355 g/mol. The summed E-state index contributed by atoms with van der Waals surface area (Å²) in [5.41, 5.74) is 3.13. The normalized spacial score (nSPS) is 16.2. The Morgan fingerprint density at radius 1 is 1.11 bits per heavy atom. The van der Waals surface area contributed by atoms with Gasteiger partial charge in [0.25, 0.3) is 0 Å². The number of hydrogen-bond acceptors (Lipinski definition) is 4. The van der Waals surface area contributed by atoms with Crippen LogP contribution in [0.15, 0.2) is 36.7 Å². The second kappa shape index (κ2) is 5.55. The molecule has 8 heteroatoms. The van der Waals surface area contributed by atoms with Gasteiger partial charge in [0, 0.05) is 36.5 Å². The molecule has 4 heterocycles. The highest BCUT2D eigenvalue weighted by molar-refractivity contribution is 5.84. The summed E-state index contributed by atoms with van der Waals surface area (Å²) in [5, 5.41) is 4.49. The Hall–Kier alpha value is -2.90. The van der Waals surface area contributed by atoms with Crippen LogP contribution in [-0.4, -0.2) is 19.7 Å². The minimum Gasteiger partial charge on any atom is -0.318 e. The maximum Gasteiger partial charge on any atom is 0.433 e. The quantitative estimate of drug-likeness (QED) is 0.669. The first-order valence-corrected chi connectivity index (χ1v) is 8.75. The molecule has 0 bridgehead atoms. The molecule has 2 aliphatic rings. The average molecular weight is 371 g/mol. The topological polar surface area (TPSA) is 46.8 Å². The van der Waals surface area contributed by atoms with Crippen LogP contribution in [0.4, 0.5) is 24.7 Å². The van der Waals surface area contributed by atoms with Crippen LogP contribution in [-0.2, 0) is 19.8 Å². The molecule has 0 aromatic carbocycles. The standard InChI is InChI=1S/C19H16F3N5/c1-26-9-13-12-6-7-16(19(20,21)22)24-18(12)27(10-14(13)25-26)15-3-2-8-23-17(15)11-4-5-11/h2-3,6-9,11H,4-5,10H2,1H3. The highest BCUT2D eigenvalue weighted by atomic mass is 19.4. The Labute approximate surface area is 153 Å². The largest absolute Gasteiger partial charge is 0.433 e. The van der Waals surface area contributed by atoms with Crippen molar-refractivity contribution in [2.75, 3.05) is 4.90 Å². The summed E-state index contributed by atoms with van der Waals surface area (Å²) < 4.78 is 41.6. The highest BCUT2D eigenvalue weighted by Gasteiger charge is 2.37. The molecule has 3 aromatic rings. The molecule has 0 saturated heterocycles. The van der Waals surface area contributed by atoms with Gasteiger partial charge in [-0.1, -0.05) is 0 Å². The molecule has 5 rings (SSSR count). The van der Waals surface area contributed by atoms with Crippen molar-refractivity contribution in [3.05, 3.63) is 53.7 Å². The number of halogens is 3. The number of aromatic nitrogens is 4. The third-order valence-electron chi connectivity index (χ3n) is 5.00. The molecule has 0 amide bonds. The van der Waals surface area contributed by atoms with Gasteiger partial charge in [0.2, 0.25) is 0 Å². The molecule has 3 aromatic heterocycles. The second-order valence-electron chi connectivity index (χ2n) is 7.00. The average Bonchev–Trinajstić information content (AvgIpc) is 3.41. The molecule has 0 spiro atoms. The number of nitrogens with zero attached hydrogens (tertiary/aromatic N) is 5. The summed E-state index contributed by atoms with van der Waals surface area (Å²) in [5.74, 6) is 0.667. The van der Waals surface area contributed by atoms with Gasteiger partial charge < -0.3 is 4.90 Å². The number of pyridine rings is 2. The second-order valence-corrected chi connectivity index (χ2v) is 7.00. The number of anilines is 2. The van der Waals surface area contributed by atoms with Crippen molar-refractivity contribution in [2.24, 2.45) is 7.05 Å². The van der Waals surface area contributed by atoms with Gasteiger partial charge in [-0.05, 0) is 37.1 Å². The predicted molar refractivity (Wildman–Crippen MR) is 93.5 cm³/mol. The lowest BCUT2D eigenvalue weighted by atomic mass is 10.0. The summed E-state index contributed by atoms with van der Waals surface area (Å²) in [7, 11) is 1.81. The molecule has 0 N–H and O–H groups in total. The van der Waals surface area contributed by atoms with Gasteiger partial charge in [0.15, 0.2) is 0 Å². The lowest BCUT2D eigenvalue weighted by Crippen LogP contribution is -2.25. The summed E-state index contributed by atoms with van der Waals surface area (Å²) >= 11 is 0. The number of hydrogen-bond donors (Lipinski definition) is 0. The van der Waals surface area contributed by atoms with Crippen molar-refractivity contribution >= 4 is 11.5 Å². The fourth-order valence-electron chi connectivity index (χ4n) is 3.63. The minimum atomic E-state index is -4.50. The lowest BCUT2D eigenvalue weighted by Gasteiger charge is -2.31. The van der Waals surface area contributed by atoms with Crippen molar-refractivity contribution in [3.63, 3.8) is 0 Å². The van der Waals surface area contributed by atoms with E-state index in [9.17, 15) is 13.2 Å². The number of alkyl halides is 3. The van der Waals surface area contributed by atoms with E-state index in [4.69, 9.17) is 0 Å². The Bertz CT molecular complexity index is 1040. The van der Waals surface area contributed by atoms with Crippen LogP contribution < -0.4 is 4.90 Å². The maximum absolute atomic E-state index is 13.3. The van der Waals surface area contributed by atoms with Crippen LogP contribution >= 0.6 is 0 Å². The van der Waals surface area contributed by atoms with E-state index < -0.39 is 11.9 Å². The molecule has 0 atom stereocenters. The van der Waals surface area contributed by atoms with E-state index in [1.165, 1.54) is 6.07 Å². The third kappa shape index (κ3) is 2.67. The van der Waals surface area contributed by atoms with E-state index in [1.54, 1.807) is 17.9 Å². The number of aryl methyl sites for hydroxylation is 1. The van der Waals surface area contributed by atoms with Crippen molar-refractivity contribution in [3.8, 4) is 11.1 Å². The number of fused-ring (bicyclic) bond motifs is 3. The van der Waals surface area contributed by atoms with Crippen LogP contribution in [0.1, 0.15) is 35.8 Å². The first kappa shape index (κ1) is 16.3. The van der Waals surface area contributed by atoms with E-state index in [1.807, 2.05) is 23.2 Å². The Balaban J connectivity index is 1.72. The zero-order valence-electron chi connectivity index (χ0n) is 14.5. The molecule has 0 radical (unpaired) electrons. The van der Waals surface area contributed by atoms with E-state index >= 15 is 0 Å². The summed E-state index contributed by atoms with van der Waals surface area (Å²) in [4.78, 5) is 10.3. The maximum atomic E-state index is 13.3. The van der Waals surface area contributed by atoms with E-state index in [-0.39, 0.29) is 0 Å². The van der Waals surface area contributed by atoms with Gasteiger partial charge in [0.1, 0.15) is 11.5 Å².